The third-order valence-corrected chi connectivity index (χ3v) is 3.30. The molecule has 0 radical (unpaired) electrons. The summed E-state index contributed by atoms with van der Waals surface area (Å²) in [5.41, 5.74) is 7.60. The molecular weight excluding hydrogens is 266 g/mol. The zero-order valence-corrected chi connectivity index (χ0v) is 12.2. The van der Waals surface area contributed by atoms with Gasteiger partial charge in [-0.2, -0.15) is 0 Å². The monoisotopic (exact) mass is 285 g/mol. The van der Waals surface area contributed by atoms with Crippen molar-refractivity contribution in [1.82, 2.24) is 4.98 Å². The Morgan fingerprint density at radius 1 is 1.38 bits per heavy atom. The van der Waals surface area contributed by atoms with Crippen LogP contribution in [0.25, 0.3) is 0 Å². The van der Waals surface area contributed by atoms with E-state index in [2.05, 4.69) is 29.4 Å². The van der Waals surface area contributed by atoms with Gasteiger partial charge in [0.05, 0.1) is 24.6 Å². The zero-order valence-electron chi connectivity index (χ0n) is 12.2. The number of nitrogens with two attached hydrogens (primary N) is 1. The summed E-state index contributed by atoms with van der Waals surface area (Å²) in [6, 6.07) is 11.8. The minimum Gasteiger partial charge on any atom is -0.465 e. The Kier molecular flexibility index (Phi) is 4.77. The molecule has 0 fully saturated rings. The van der Waals surface area contributed by atoms with Gasteiger partial charge < -0.3 is 15.8 Å². The van der Waals surface area contributed by atoms with Gasteiger partial charge in [-0.25, -0.2) is 9.78 Å². The average molecular weight is 285 g/mol. The molecule has 1 atom stereocenters. The summed E-state index contributed by atoms with van der Waals surface area (Å²) in [6.07, 6.45) is 1.46. The second-order valence-electron chi connectivity index (χ2n) is 4.84. The minimum absolute atomic E-state index is 0.309. The Balaban J connectivity index is 2.05. The van der Waals surface area contributed by atoms with Crippen molar-refractivity contribution in [2.24, 2.45) is 0 Å². The molecule has 2 aromatic rings. The molecule has 1 unspecified atom stereocenters. The van der Waals surface area contributed by atoms with Crippen molar-refractivity contribution in [3.05, 3.63) is 53.7 Å². The zero-order chi connectivity index (χ0) is 15.2. The number of hydrogen-bond acceptors (Lipinski definition) is 5. The first-order chi connectivity index (χ1) is 10.1. The van der Waals surface area contributed by atoms with Gasteiger partial charge in [-0.05, 0) is 17.5 Å². The molecule has 110 valence electrons. The topological polar surface area (TPSA) is 77.2 Å². The first-order valence-corrected chi connectivity index (χ1v) is 6.74. The van der Waals surface area contributed by atoms with Crippen LogP contribution in [0.3, 0.4) is 0 Å². The fourth-order valence-corrected chi connectivity index (χ4v) is 2.01. The Bertz CT molecular complexity index is 614. The molecule has 1 aromatic heterocycles. The summed E-state index contributed by atoms with van der Waals surface area (Å²) >= 11 is 0. The fourth-order valence-electron chi connectivity index (χ4n) is 2.01. The van der Waals surface area contributed by atoms with E-state index < -0.39 is 5.97 Å². The van der Waals surface area contributed by atoms with E-state index in [1.807, 2.05) is 18.2 Å². The van der Waals surface area contributed by atoms with Gasteiger partial charge in [-0.15, -0.1) is 0 Å². The predicted molar refractivity (Wildman–Crippen MR) is 83.3 cm³/mol. The maximum atomic E-state index is 11.6. The molecule has 0 aliphatic heterocycles. The summed E-state index contributed by atoms with van der Waals surface area (Å²) in [5.74, 6) is 0.466. The highest BCUT2D eigenvalue weighted by molar-refractivity contribution is 5.95. The molecule has 1 aromatic carbocycles. The second-order valence-corrected chi connectivity index (χ2v) is 4.84. The average Bonchev–Trinajstić information content (AvgIpc) is 2.53. The number of nitrogens with one attached hydrogen (secondary N) is 1. The second kappa shape index (κ2) is 6.74. The third-order valence-electron chi connectivity index (χ3n) is 3.30. The Hall–Kier alpha value is -2.56. The van der Waals surface area contributed by atoms with Crippen molar-refractivity contribution in [2.45, 2.75) is 12.8 Å². The molecule has 2 rings (SSSR count). The van der Waals surface area contributed by atoms with Crippen LogP contribution < -0.4 is 11.1 Å². The van der Waals surface area contributed by atoms with Crippen LogP contribution in [0.4, 0.5) is 11.5 Å². The number of nitrogen functional groups attached to an aromatic ring is 1. The molecular formula is C16H19N3O2. The number of pyridine rings is 1. The van der Waals surface area contributed by atoms with Crippen molar-refractivity contribution in [1.29, 1.82) is 0 Å². The fraction of sp³-hybridized carbons (Fsp3) is 0.250. The maximum Gasteiger partial charge on any atom is 0.340 e. The first-order valence-electron chi connectivity index (χ1n) is 6.74. The number of carbonyl (C=O) groups excluding carboxylic acids is 1. The van der Waals surface area contributed by atoms with Crippen LogP contribution in [0.15, 0.2) is 42.6 Å². The van der Waals surface area contributed by atoms with E-state index in [9.17, 15) is 4.79 Å². The van der Waals surface area contributed by atoms with E-state index in [0.29, 0.717) is 29.5 Å². The predicted octanol–water partition coefficient (Wildman–Crippen LogP) is 2.67. The van der Waals surface area contributed by atoms with E-state index in [1.54, 1.807) is 6.07 Å². The van der Waals surface area contributed by atoms with Gasteiger partial charge in [-0.3, -0.25) is 0 Å². The molecule has 21 heavy (non-hydrogen) atoms. The summed E-state index contributed by atoms with van der Waals surface area (Å²) in [4.78, 5) is 15.8. The number of methoxy groups -OCH3 is 1. The normalized spacial score (nSPS) is 11.7. The smallest absolute Gasteiger partial charge is 0.340 e. The Morgan fingerprint density at radius 2 is 2.10 bits per heavy atom. The summed E-state index contributed by atoms with van der Waals surface area (Å²) < 4.78 is 4.69. The molecule has 3 N–H and O–H groups in total. The number of anilines is 2. The molecule has 0 aliphatic carbocycles. The number of carbonyl (C=O) groups is 1. The Labute approximate surface area is 124 Å². The van der Waals surface area contributed by atoms with Gasteiger partial charge in [0.2, 0.25) is 0 Å². The van der Waals surface area contributed by atoms with Gasteiger partial charge in [0.25, 0.3) is 0 Å². The molecule has 0 aliphatic rings. The largest absolute Gasteiger partial charge is 0.465 e. The first kappa shape index (κ1) is 14.8. The minimum atomic E-state index is -0.464. The molecule has 0 amide bonds. The number of aromatic nitrogens is 1. The molecule has 5 nitrogen and oxygen atoms in total. The number of hydrogen-bond donors (Lipinski definition) is 2. The van der Waals surface area contributed by atoms with Crippen LogP contribution >= 0.6 is 0 Å². The number of nitrogens with zero attached hydrogens (tertiary/aromatic N) is 1. The van der Waals surface area contributed by atoms with Gasteiger partial charge >= 0.3 is 5.97 Å². The highest BCUT2D eigenvalue weighted by atomic mass is 16.5. The van der Waals surface area contributed by atoms with E-state index in [4.69, 9.17) is 10.5 Å². The molecule has 0 saturated heterocycles. The quantitative estimate of drug-likeness (QED) is 0.826. The van der Waals surface area contributed by atoms with Gasteiger partial charge in [0.1, 0.15) is 5.82 Å². The lowest BCUT2D eigenvalue weighted by molar-refractivity contribution is 0.0602. The van der Waals surface area contributed by atoms with Crippen molar-refractivity contribution in [2.75, 3.05) is 24.7 Å². The van der Waals surface area contributed by atoms with Gasteiger partial charge in [0, 0.05) is 6.54 Å². The number of ether oxygens (including phenoxy) is 1. The van der Waals surface area contributed by atoms with Crippen LogP contribution in [0.1, 0.15) is 28.8 Å². The summed E-state index contributed by atoms with van der Waals surface area (Å²) in [5, 5.41) is 3.22. The van der Waals surface area contributed by atoms with E-state index in [1.165, 1.54) is 18.9 Å². The summed E-state index contributed by atoms with van der Waals surface area (Å²) in [7, 11) is 1.33. The SMILES string of the molecule is COC(=O)c1cc(NCC(C)c2ccccc2)ncc1N. The maximum absolute atomic E-state index is 11.6. The van der Waals surface area contributed by atoms with Gasteiger partial charge in [0.15, 0.2) is 0 Å². The number of esters is 1. The highest BCUT2D eigenvalue weighted by Crippen LogP contribution is 2.18. The standard InChI is InChI=1S/C16H19N3O2/c1-11(12-6-4-3-5-7-12)9-18-15-8-13(16(20)21-2)14(17)10-19-15/h3-8,10-11H,9,17H2,1-2H3,(H,18,19). The van der Waals surface area contributed by atoms with E-state index in [-0.39, 0.29) is 0 Å². The lowest BCUT2D eigenvalue weighted by atomic mass is 10.0. The van der Waals surface area contributed by atoms with Crippen LogP contribution in [0, 0.1) is 0 Å². The van der Waals surface area contributed by atoms with E-state index in [0.717, 1.165) is 0 Å². The lowest BCUT2D eigenvalue weighted by Crippen LogP contribution is -2.13. The molecule has 0 spiro atoms. The molecule has 1 heterocycles. The van der Waals surface area contributed by atoms with Crippen molar-refractivity contribution < 1.29 is 9.53 Å². The van der Waals surface area contributed by atoms with Crippen molar-refractivity contribution in [3.63, 3.8) is 0 Å². The van der Waals surface area contributed by atoms with Crippen molar-refractivity contribution >= 4 is 17.5 Å². The van der Waals surface area contributed by atoms with Crippen LogP contribution in [0.5, 0.6) is 0 Å². The van der Waals surface area contributed by atoms with E-state index >= 15 is 0 Å². The highest BCUT2D eigenvalue weighted by Gasteiger charge is 2.12. The van der Waals surface area contributed by atoms with Crippen LogP contribution in [-0.4, -0.2) is 24.6 Å². The van der Waals surface area contributed by atoms with Crippen molar-refractivity contribution in [3.8, 4) is 0 Å². The number of rotatable bonds is 5. The Morgan fingerprint density at radius 3 is 2.76 bits per heavy atom. The third kappa shape index (κ3) is 3.72. The number of benzene rings is 1. The van der Waals surface area contributed by atoms with Gasteiger partial charge in [-0.1, -0.05) is 37.3 Å². The summed E-state index contributed by atoms with van der Waals surface area (Å²) in [6.45, 7) is 2.84. The van der Waals surface area contributed by atoms with Crippen LogP contribution in [-0.2, 0) is 4.74 Å². The molecule has 0 saturated carbocycles. The molecule has 5 heteroatoms. The molecule has 0 bridgehead atoms. The van der Waals surface area contributed by atoms with Crippen LogP contribution in [0.2, 0.25) is 0 Å². The lowest BCUT2D eigenvalue weighted by Gasteiger charge is -2.14.